The van der Waals surface area contributed by atoms with Crippen molar-refractivity contribution in [3.8, 4) is 0 Å². The van der Waals surface area contributed by atoms with Crippen LogP contribution in [-0.2, 0) is 9.47 Å². The molecule has 0 aromatic heterocycles. The predicted octanol–water partition coefficient (Wildman–Crippen LogP) is 2.31. The highest BCUT2D eigenvalue weighted by Crippen LogP contribution is 1.91. The Balaban J connectivity index is 3.20. The molecule has 60 valence electrons. The molecular weight excluding hydrogens is 128 g/mol. The smallest absolute Gasteiger partial charge is 0.118 e. The minimum Gasteiger partial charge on any atom is -0.495 e. The van der Waals surface area contributed by atoms with E-state index in [0.717, 1.165) is 0 Å². The summed E-state index contributed by atoms with van der Waals surface area (Å²) in [5.74, 6) is 0. The van der Waals surface area contributed by atoms with Crippen molar-refractivity contribution in [3.63, 3.8) is 0 Å². The third-order valence-corrected chi connectivity index (χ3v) is 0.757. The van der Waals surface area contributed by atoms with Gasteiger partial charge < -0.3 is 9.47 Å². The Morgan fingerprint density at radius 3 is 1.30 bits per heavy atom. The summed E-state index contributed by atoms with van der Waals surface area (Å²) in [6.45, 7) is 7.89. The molecule has 0 heterocycles. The lowest BCUT2D eigenvalue weighted by Gasteiger charge is -2.05. The van der Waals surface area contributed by atoms with Crippen LogP contribution >= 0.6 is 0 Å². The summed E-state index contributed by atoms with van der Waals surface area (Å²) < 4.78 is 10.2. The summed E-state index contributed by atoms with van der Waals surface area (Å²) in [5.41, 5.74) is 0. The fourth-order valence-corrected chi connectivity index (χ4v) is 0.378. The van der Waals surface area contributed by atoms with E-state index in [-0.39, 0.29) is 12.2 Å². The first-order chi connectivity index (χ1) is 4.63. The molecule has 0 aromatic carbocycles. The average Bonchev–Trinajstić information content (AvgIpc) is 1.79. The van der Waals surface area contributed by atoms with Gasteiger partial charge in [-0.3, -0.25) is 0 Å². The molecule has 10 heavy (non-hydrogen) atoms. The highest BCUT2D eigenvalue weighted by molar-refractivity contribution is 4.63. The summed E-state index contributed by atoms with van der Waals surface area (Å²) in [6.07, 6.45) is 3.61. The molecule has 0 aromatic rings. The summed E-state index contributed by atoms with van der Waals surface area (Å²) in [4.78, 5) is 0. The minimum atomic E-state index is 0.229. The molecule has 0 aliphatic rings. The van der Waals surface area contributed by atoms with Gasteiger partial charge in [0.25, 0.3) is 0 Å². The van der Waals surface area contributed by atoms with E-state index in [4.69, 9.17) is 9.47 Å². The number of hydrogen-bond donors (Lipinski definition) is 0. The quantitative estimate of drug-likeness (QED) is 0.564. The fraction of sp³-hybridized carbons (Fsp3) is 0.750. The van der Waals surface area contributed by atoms with E-state index in [9.17, 15) is 0 Å². The largest absolute Gasteiger partial charge is 0.495 e. The van der Waals surface area contributed by atoms with Gasteiger partial charge in [0.2, 0.25) is 0 Å². The molecule has 0 saturated carbocycles. The highest BCUT2D eigenvalue weighted by atomic mass is 16.5. The van der Waals surface area contributed by atoms with E-state index in [2.05, 4.69) is 0 Å². The average molecular weight is 144 g/mol. The topological polar surface area (TPSA) is 18.5 Å². The van der Waals surface area contributed by atoms with Gasteiger partial charge in [0, 0.05) is 0 Å². The van der Waals surface area contributed by atoms with Crippen molar-refractivity contribution in [2.75, 3.05) is 0 Å². The predicted molar refractivity (Wildman–Crippen MR) is 41.6 cm³/mol. The van der Waals surface area contributed by atoms with Crippen LogP contribution in [0.3, 0.4) is 0 Å². The van der Waals surface area contributed by atoms with Crippen molar-refractivity contribution < 1.29 is 9.47 Å². The van der Waals surface area contributed by atoms with Crippen molar-refractivity contribution in [3.05, 3.63) is 12.5 Å². The van der Waals surface area contributed by atoms with Crippen LogP contribution in [0.4, 0.5) is 0 Å². The molecule has 0 saturated heterocycles. The van der Waals surface area contributed by atoms with Gasteiger partial charge in [-0.1, -0.05) is 0 Å². The van der Waals surface area contributed by atoms with Gasteiger partial charge in [-0.05, 0) is 27.7 Å². The van der Waals surface area contributed by atoms with Gasteiger partial charge in [0.1, 0.15) is 12.5 Å². The second kappa shape index (κ2) is 5.15. The zero-order chi connectivity index (χ0) is 7.98. The Morgan fingerprint density at radius 1 is 0.800 bits per heavy atom. The van der Waals surface area contributed by atoms with E-state index < -0.39 is 0 Å². The third kappa shape index (κ3) is 7.34. The van der Waals surface area contributed by atoms with Crippen LogP contribution in [0.5, 0.6) is 0 Å². The van der Waals surface area contributed by atoms with Crippen molar-refractivity contribution in [1.29, 1.82) is 0 Å². The van der Waals surface area contributed by atoms with Crippen LogP contribution in [0, 0.1) is 0 Å². The molecule has 0 N–H and O–H groups in total. The van der Waals surface area contributed by atoms with E-state index in [1.807, 2.05) is 27.7 Å². The van der Waals surface area contributed by atoms with Gasteiger partial charge in [-0.15, -0.1) is 0 Å². The van der Waals surface area contributed by atoms with Crippen LogP contribution in [0.2, 0.25) is 0 Å². The molecule has 0 rings (SSSR count). The number of rotatable bonds is 4. The van der Waals surface area contributed by atoms with Crippen molar-refractivity contribution in [2.24, 2.45) is 0 Å². The lowest BCUT2D eigenvalue weighted by Crippen LogP contribution is -1.98. The minimum absolute atomic E-state index is 0.229. The van der Waals surface area contributed by atoms with Crippen molar-refractivity contribution in [1.82, 2.24) is 0 Å². The van der Waals surface area contributed by atoms with Gasteiger partial charge in [0.05, 0.1) is 12.2 Å². The molecule has 0 radical (unpaired) electrons. The Bertz CT molecular complexity index is 83.4. The molecule has 2 heteroatoms. The first-order valence-corrected chi connectivity index (χ1v) is 3.59. The molecule has 0 spiro atoms. The van der Waals surface area contributed by atoms with Gasteiger partial charge in [-0.25, -0.2) is 0 Å². The molecule has 2 nitrogen and oxygen atoms in total. The first-order valence-electron chi connectivity index (χ1n) is 3.59. The van der Waals surface area contributed by atoms with E-state index in [0.29, 0.717) is 0 Å². The summed E-state index contributed by atoms with van der Waals surface area (Å²) in [5, 5.41) is 0. The lowest BCUT2D eigenvalue weighted by molar-refractivity contribution is 0.139. The maximum atomic E-state index is 5.09. The van der Waals surface area contributed by atoms with Gasteiger partial charge in [0.15, 0.2) is 0 Å². The summed E-state index contributed by atoms with van der Waals surface area (Å²) in [7, 11) is 0. The highest BCUT2D eigenvalue weighted by Gasteiger charge is 1.87. The van der Waals surface area contributed by atoms with Crippen LogP contribution in [0.1, 0.15) is 27.7 Å². The molecule has 0 bridgehead atoms. The van der Waals surface area contributed by atoms with Crippen LogP contribution in [-0.4, -0.2) is 12.2 Å². The first kappa shape index (κ1) is 9.34. The van der Waals surface area contributed by atoms with E-state index in [1.165, 1.54) is 0 Å². The fourth-order valence-electron chi connectivity index (χ4n) is 0.378. The molecule has 0 fully saturated rings. The Labute approximate surface area is 62.8 Å². The Kier molecular flexibility index (Phi) is 4.81. The number of hydrogen-bond acceptors (Lipinski definition) is 2. The molecule has 0 atom stereocenters. The molecule has 0 aliphatic heterocycles. The van der Waals surface area contributed by atoms with Crippen LogP contribution in [0.15, 0.2) is 12.5 Å². The monoisotopic (exact) mass is 144 g/mol. The van der Waals surface area contributed by atoms with Gasteiger partial charge >= 0.3 is 0 Å². The van der Waals surface area contributed by atoms with E-state index in [1.54, 1.807) is 12.5 Å². The Morgan fingerprint density at radius 2 is 1.10 bits per heavy atom. The standard InChI is InChI=1S/C8H16O2/c1-7(2)9-5-6-10-8(3)4/h5-8H,1-4H3. The SMILES string of the molecule is CC(C)OC=COC(C)C. The summed E-state index contributed by atoms with van der Waals surface area (Å²) in [6, 6.07) is 0. The molecule has 0 amide bonds. The van der Waals surface area contributed by atoms with Crippen LogP contribution < -0.4 is 0 Å². The zero-order valence-corrected chi connectivity index (χ0v) is 7.13. The maximum Gasteiger partial charge on any atom is 0.118 e. The normalized spacial score (nSPS) is 11.4. The molecule has 0 unspecified atom stereocenters. The number of ether oxygens (including phenoxy) is 2. The summed E-state index contributed by atoms with van der Waals surface area (Å²) >= 11 is 0. The Hall–Kier alpha value is -0.660. The van der Waals surface area contributed by atoms with Crippen LogP contribution in [0.25, 0.3) is 0 Å². The zero-order valence-electron chi connectivity index (χ0n) is 7.13. The molecular formula is C8H16O2. The van der Waals surface area contributed by atoms with Gasteiger partial charge in [-0.2, -0.15) is 0 Å². The maximum absolute atomic E-state index is 5.09. The second-order valence-electron chi connectivity index (χ2n) is 2.64. The molecule has 0 aliphatic carbocycles. The lowest BCUT2D eigenvalue weighted by atomic mass is 10.5. The second-order valence-corrected chi connectivity index (χ2v) is 2.64. The van der Waals surface area contributed by atoms with Crippen molar-refractivity contribution in [2.45, 2.75) is 39.9 Å². The van der Waals surface area contributed by atoms with E-state index >= 15 is 0 Å². The third-order valence-electron chi connectivity index (χ3n) is 0.757. The van der Waals surface area contributed by atoms with Crippen molar-refractivity contribution >= 4 is 0 Å².